The van der Waals surface area contributed by atoms with Crippen molar-refractivity contribution in [3.63, 3.8) is 0 Å². The first kappa shape index (κ1) is 10.1. The number of nitrogens with zero attached hydrogens (tertiary/aromatic N) is 1. The molecule has 2 N–H and O–H groups in total. The minimum Gasteiger partial charge on any atom is -0.393 e. The van der Waals surface area contributed by atoms with Crippen LogP contribution in [-0.2, 0) is 9.59 Å². The fourth-order valence-corrected chi connectivity index (χ4v) is 1.43. The largest absolute Gasteiger partial charge is 0.393 e. The highest BCUT2D eigenvalue weighted by molar-refractivity contribution is 7.80. The van der Waals surface area contributed by atoms with E-state index >= 15 is 0 Å². The lowest BCUT2D eigenvalue weighted by Gasteiger charge is -2.12. The van der Waals surface area contributed by atoms with Gasteiger partial charge in [-0.2, -0.15) is 0 Å². The zero-order valence-electron chi connectivity index (χ0n) is 7.28. The van der Waals surface area contributed by atoms with Crippen molar-refractivity contribution in [2.45, 2.75) is 25.7 Å². The van der Waals surface area contributed by atoms with Gasteiger partial charge in [-0.1, -0.05) is 12.2 Å². The molecular weight excluding hydrogens is 188 g/mol. The maximum absolute atomic E-state index is 11.1. The van der Waals surface area contributed by atoms with Gasteiger partial charge >= 0.3 is 0 Å². The zero-order valence-corrected chi connectivity index (χ0v) is 8.10. The second-order valence-electron chi connectivity index (χ2n) is 3.01. The molecule has 4 nitrogen and oxygen atoms in total. The number of carbonyl (C=O) groups excluding carboxylic acids is 2. The Balaban J connectivity index is 2.31. The standard InChI is InChI=1S/C8H12N2O2S/c9-6(13)2-1-5-10-7(11)3-4-8(10)12/h1-5H2,(H2,9,13). The molecule has 0 aromatic carbocycles. The van der Waals surface area contributed by atoms with E-state index in [1.165, 1.54) is 4.90 Å². The van der Waals surface area contributed by atoms with Crippen molar-refractivity contribution >= 4 is 29.0 Å². The predicted molar refractivity (Wildman–Crippen MR) is 52.0 cm³/mol. The third-order valence-electron chi connectivity index (χ3n) is 1.96. The van der Waals surface area contributed by atoms with Crippen molar-refractivity contribution in [3.8, 4) is 0 Å². The first-order chi connectivity index (χ1) is 6.11. The molecule has 0 aliphatic carbocycles. The molecule has 2 amide bonds. The molecule has 1 rings (SSSR count). The monoisotopic (exact) mass is 200 g/mol. The molecule has 0 atom stereocenters. The average molecular weight is 200 g/mol. The molecule has 0 saturated carbocycles. The Bertz CT molecular complexity index is 237. The van der Waals surface area contributed by atoms with Crippen molar-refractivity contribution < 1.29 is 9.59 Å². The number of imide groups is 1. The molecular formula is C8H12N2O2S. The van der Waals surface area contributed by atoms with Gasteiger partial charge in [-0.05, 0) is 12.8 Å². The molecule has 0 aromatic heterocycles. The minimum atomic E-state index is -0.0760. The van der Waals surface area contributed by atoms with Gasteiger partial charge in [0.2, 0.25) is 11.8 Å². The van der Waals surface area contributed by atoms with Crippen LogP contribution in [0, 0.1) is 0 Å². The van der Waals surface area contributed by atoms with E-state index in [2.05, 4.69) is 12.2 Å². The van der Waals surface area contributed by atoms with Crippen molar-refractivity contribution in [1.29, 1.82) is 0 Å². The molecule has 1 fully saturated rings. The van der Waals surface area contributed by atoms with Crippen molar-refractivity contribution in [2.24, 2.45) is 5.73 Å². The fourth-order valence-electron chi connectivity index (χ4n) is 1.28. The SMILES string of the molecule is NC(=S)CCCN1C(=O)CCC1=O. The van der Waals surface area contributed by atoms with E-state index in [1.807, 2.05) is 0 Å². The van der Waals surface area contributed by atoms with Gasteiger partial charge in [-0.25, -0.2) is 0 Å². The summed E-state index contributed by atoms with van der Waals surface area (Å²) in [5.41, 5.74) is 5.29. The lowest BCUT2D eigenvalue weighted by atomic mass is 10.3. The van der Waals surface area contributed by atoms with E-state index in [0.29, 0.717) is 37.2 Å². The van der Waals surface area contributed by atoms with Crippen LogP contribution in [0.2, 0.25) is 0 Å². The van der Waals surface area contributed by atoms with Crippen LogP contribution in [0.15, 0.2) is 0 Å². The molecule has 0 unspecified atom stereocenters. The van der Waals surface area contributed by atoms with E-state index in [9.17, 15) is 9.59 Å². The lowest BCUT2D eigenvalue weighted by molar-refractivity contribution is -0.138. The molecule has 1 aliphatic heterocycles. The summed E-state index contributed by atoms with van der Waals surface area (Å²) in [5, 5.41) is 0. The smallest absolute Gasteiger partial charge is 0.229 e. The minimum absolute atomic E-state index is 0.0760. The number of carbonyl (C=O) groups is 2. The second kappa shape index (κ2) is 4.32. The van der Waals surface area contributed by atoms with Crippen molar-refractivity contribution in [2.75, 3.05) is 6.54 Å². The number of rotatable bonds is 4. The predicted octanol–water partition coefficient (Wildman–Crippen LogP) is 0.202. The summed E-state index contributed by atoms with van der Waals surface area (Å²) in [5.74, 6) is -0.152. The number of amides is 2. The third kappa shape index (κ3) is 2.77. The number of nitrogens with two attached hydrogens (primary N) is 1. The number of likely N-dealkylation sites (tertiary alicyclic amines) is 1. The van der Waals surface area contributed by atoms with Crippen LogP contribution in [0.5, 0.6) is 0 Å². The molecule has 72 valence electrons. The van der Waals surface area contributed by atoms with Crippen LogP contribution in [0.4, 0.5) is 0 Å². The average Bonchev–Trinajstić information content (AvgIpc) is 2.34. The number of hydrogen-bond acceptors (Lipinski definition) is 3. The van der Waals surface area contributed by atoms with Crippen LogP contribution >= 0.6 is 12.2 Å². The summed E-state index contributed by atoms with van der Waals surface area (Å²) >= 11 is 4.68. The summed E-state index contributed by atoms with van der Waals surface area (Å²) in [4.78, 5) is 23.9. The van der Waals surface area contributed by atoms with Gasteiger partial charge in [0.1, 0.15) is 0 Å². The fraction of sp³-hybridized carbons (Fsp3) is 0.625. The van der Waals surface area contributed by atoms with Gasteiger partial charge in [0, 0.05) is 19.4 Å². The van der Waals surface area contributed by atoms with Crippen LogP contribution in [0.25, 0.3) is 0 Å². The van der Waals surface area contributed by atoms with Crippen molar-refractivity contribution in [3.05, 3.63) is 0 Å². The highest BCUT2D eigenvalue weighted by atomic mass is 32.1. The molecule has 0 bridgehead atoms. The summed E-state index contributed by atoms with van der Waals surface area (Å²) in [6.07, 6.45) is 1.97. The number of thiocarbonyl (C=S) groups is 1. The molecule has 0 aromatic rings. The van der Waals surface area contributed by atoms with Crippen LogP contribution in [-0.4, -0.2) is 28.2 Å². The normalized spacial score (nSPS) is 16.8. The summed E-state index contributed by atoms with van der Waals surface area (Å²) in [7, 11) is 0. The molecule has 5 heteroatoms. The van der Waals surface area contributed by atoms with E-state index in [4.69, 9.17) is 5.73 Å². The van der Waals surface area contributed by atoms with Gasteiger partial charge in [0.15, 0.2) is 0 Å². The molecule has 0 spiro atoms. The zero-order chi connectivity index (χ0) is 9.84. The number of hydrogen-bond donors (Lipinski definition) is 1. The Morgan fingerprint density at radius 2 is 1.92 bits per heavy atom. The van der Waals surface area contributed by atoms with Gasteiger partial charge in [-0.15, -0.1) is 0 Å². The van der Waals surface area contributed by atoms with E-state index in [0.717, 1.165) is 0 Å². The highest BCUT2D eigenvalue weighted by Crippen LogP contribution is 2.12. The van der Waals surface area contributed by atoms with Gasteiger partial charge in [-0.3, -0.25) is 14.5 Å². The first-order valence-electron chi connectivity index (χ1n) is 4.23. The maximum atomic E-state index is 11.1. The lowest BCUT2D eigenvalue weighted by Crippen LogP contribution is -2.30. The Morgan fingerprint density at radius 1 is 1.38 bits per heavy atom. The maximum Gasteiger partial charge on any atom is 0.229 e. The summed E-state index contributed by atoms with van der Waals surface area (Å²) in [6.45, 7) is 0.453. The van der Waals surface area contributed by atoms with Crippen LogP contribution in [0.1, 0.15) is 25.7 Å². The summed E-state index contributed by atoms with van der Waals surface area (Å²) < 4.78 is 0. The Morgan fingerprint density at radius 3 is 2.38 bits per heavy atom. The topological polar surface area (TPSA) is 63.4 Å². The Labute approximate surface area is 82.1 Å². The molecule has 1 heterocycles. The van der Waals surface area contributed by atoms with Crippen molar-refractivity contribution in [1.82, 2.24) is 4.90 Å². The van der Waals surface area contributed by atoms with Crippen LogP contribution < -0.4 is 5.73 Å². The Hall–Kier alpha value is -0.970. The van der Waals surface area contributed by atoms with E-state index < -0.39 is 0 Å². The second-order valence-corrected chi connectivity index (χ2v) is 3.53. The summed E-state index contributed by atoms with van der Waals surface area (Å²) in [6, 6.07) is 0. The van der Waals surface area contributed by atoms with Gasteiger partial charge in [0.25, 0.3) is 0 Å². The van der Waals surface area contributed by atoms with E-state index in [-0.39, 0.29) is 11.8 Å². The van der Waals surface area contributed by atoms with E-state index in [1.54, 1.807) is 0 Å². The first-order valence-corrected chi connectivity index (χ1v) is 4.63. The molecule has 0 radical (unpaired) electrons. The highest BCUT2D eigenvalue weighted by Gasteiger charge is 2.27. The van der Waals surface area contributed by atoms with Crippen LogP contribution in [0.3, 0.4) is 0 Å². The molecule has 1 saturated heterocycles. The van der Waals surface area contributed by atoms with Gasteiger partial charge in [0.05, 0.1) is 4.99 Å². The molecule has 13 heavy (non-hydrogen) atoms. The quantitative estimate of drug-likeness (QED) is 0.520. The van der Waals surface area contributed by atoms with Gasteiger partial charge < -0.3 is 5.73 Å². The Kier molecular flexibility index (Phi) is 3.36. The molecule has 1 aliphatic rings. The third-order valence-corrected chi connectivity index (χ3v) is 2.16.